The van der Waals surface area contributed by atoms with Gasteiger partial charge in [-0.2, -0.15) is 0 Å². The van der Waals surface area contributed by atoms with Crippen LogP contribution in [-0.4, -0.2) is 29.1 Å². The van der Waals surface area contributed by atoms with E-state index in [2.05, 4.69) is 15.6 Å². The molecule has 21 heavy (non-hydrogen) atoms. The number of benzene rings is 1. The molecule has 5 nitrogen and oxygen atoms in total. The third kappa shape index (κ3) is 4.29. The molecule has 0 radical (unpaired) electrons. The summed E-state index contributed by atoms with van der Waals surface area (Å²) in [5.74, 6) is -0.246. The molecule has 0 bridgehead atoms. The van der Waals surface area contributed by atoms with Gasteiger partial charge in [0.05, 0.1) is 0 Å². The maximum atomic E-state index is 12.1. The number of rotatable bonds is 6. The monoisotopic (exact) mass is 285 g/mol. The van der Waals surface area contributed by atoms with Crippen LogP contribution in [0.5, 0.6) is 0 Å². The second kappa shape index (κ2) is 7.40. The standard InChI is InChI=1S/C16H19N3O2/c1-2-17-14-7-9-18-15(11-14)16(21)19-13-5-3-12(4-6-13)8-10-20/h3-7,9,11,20H,2,8,10H2,1H3,(H,17,18)(H,19,21). The molecule has 0 unspecified atom stereocenters. The number of hydrogen-bond acceptors (Lipinski definition) is 4. The van der Waals surface area contributed by atoms with E-state index in [0.717, 1.165) is 17.8 Å². The van der Waals surface area contributed by atoms with Gasteiger partial charge in [-0.25, -0.2) is 0 Å². The summed E-state index contributed by atoms with van der Waals surface area (Å²) in [5.41, 5.74) is 2.98. The highest BCUT2D eigenvalue weighted by Gasteiger charge is 2.08. The minimum atomic E-state index is -0.246. The van der Waals surface area contributed by atoms with Gasteiger partial charge in [0.2, 0.25) is 0 Å². The summed E-state index contributed by atoms with van der Waals surface area (Å²) >= 11 is 0. The second-order valence-electron chi connectivity index (χ2n) is 4.58. The molecule has 0 aliphatic rings. The van der Waals surface area contributed by atoms with Crippen molar-refractivity contribution < 1.29 is 9.90 Å². The van der Waals surface area contributed by atoms with Crippen molar-refractivity contribution in [2.24, 2.45) is 0 Å². The van der Waals surface area contributed by atoms with Gasteiger partial charge in [0.25, 0.3) is 5.91 Å². The fraction of sp³-hybridized carbons (Fsp3) is 0.250. The second-order valence-corrected chi connectivity index (χ2v) is 4.58. The predicted molar refractivity (Wildman–Crippen MR) is 83.6 cm³/mol. The molecule has 3 N–H and O–H groups in total. The van der Waals surface area contributed by atoms with Crippen molar-refractivity contribution in [1.29, 1.82) is 0 Å². The van der Waals surface area contributed by atoms with Crippen LogP contribution in [0.3, 0.4) is 0 Å². The van der Waals surface area contributed by atoms with Gasteiger partial charge in [0.1, 0.15) is 5.69 Å². The van der Waals surface area contributed by atoms with Crippen molar-refractivity contribution in [3.63, 3.8) is 0 Å². The summed E-state index contributed by atoms with van der Waals surface area (Å²) in [5, 5.41) is 14.8. The molecule has 1 aromatic carbocycles. The molecular formula is C16H19N3O2. The zero-order valence-corrected chi connectivity index (χ0v) is 12.0. The maximum absolute atomic E-state index is 12.1. The van der Waals surface area contributed by atoms with Crippen LogP contribution in [0.25, 0.3) is 0 Å². The molecule has 0 fully saturated rings. The lowest BCUT2D eigenvalue weighted by Gasteiger charge is -2.07. The third-order valence-electron chi connectivity index (χ3n) is 2.99. The number of aliphatic hydroxyl groups excluding tert-OH is 1. The first-order valence-corrected chi connectivity index (χ1v) is 6.94. The molecular weight excluding hydrogens is 266 g/mol. The Morgan fingerprint density at radius 1 is 1.19 bits per heavy atom. The number of hydrogen-bond donors (Lipinski definition) is 3. The van der Waals surface area contributed by atoms with Gasteiger partial charge in [-0.1, -0.05) is 12.1 Å². The predicted octanol–water partition coefficient (Wildman–Crippen LogP) is 2.30. The van der Waals surface area contributed by atoms with Crippen LogP contribution in [0.4, 0.5) is 11.4 Å². The Hall–Kier alpha value is -2.40. The van der Waals surface area contributed by atoms with Crippen molar-refractivity contribution in [3.05, 3.63) is 53.9 Å². The van der Waals surface area contributed by atoms with Crippen LogP contribution in [-0.2, 0) is 6.42 Å². The summed E-state index contributed by atoms with van der Waals surface area (Å²) < 4.78 is 0. The number of amides is 1. The fourth-order valence-corrected chi connectivity index (χ4v) is 1.95. The van der Waals surface area contributed by atoms with E-state index in [1.165, 1.54) is 0 Å². The summed E-state index contributed by atoms with van der Waals surface area (Å²) in [6.07, 6.45) is 2.22. The quantitative estimate of drug-likeness (QED) is 0.761. The van der Waals surface area contributed by atoms with Crippen molar-refractivity contribution in [1.82, 2.24) is 4.98 Å². The highest BCUT2D eigenvalue weighted by atomic mass is 16.2. The van der Waals surface area contributed by atoms with Crippen molar-refractivity contribution >= 4 is 17.3 Å². The number of nitrogens with one attached hydrogen (secondary N) is 2. The highest BCUT2D eigenvalue weighted by Crippen LogP contribution is 2.13. The van der Waals surface area contributed by atoms with Crippen LogP contribution >= 0.6 is 0 Å². The van der Waals surface area contributed by atoms with Crippen LogP contribution in [0.15, 0.2) is 42.6 Å². The molecule has 110 valence electrons. The molecule has 0 saturated heterocycles. The number of nitrogens with zero attached hydrogens (tertiary/aromatic N) is 1. The van der Waals surface area contributed by atoms with E-state index in [1.54, 1.807) is 12.3 Å². The van der Waals surface area contributed by atoms with Gasteiger partial charge < -0.3 is 15.7 Å². The van der Waals surface area contributed by atoms with Gasteiger partial charge in [-0.05, 0) is 43.2 Å². The molecule has 1 amide bonds. The van der Waals surface area contributed by atoms with E-state index in [1.807, 2.05) is 37.3 Å². The molecule has 1 aromatic heterocycles. The molecule has 2 rings (SSSR count). The van der Waals surface area contributed by atoms with Crippen LogP contribution < -0.4 is 10.6 Å². The molecule has 0 spiro atoms. The lowest BCUT2D eigenvalue weighted by atomic mass is 10.1. The molecule has 0 aliphatic carbocycles. The SMILES string of the molecule is CCNc1ccnc(C(=O)Nc2ccc(CCO)cc2)c1. The maximum Gasteiger partial charge on any atom is 0.274 e. The van der Waals surface area contributed by atoms with Gasteiger partial charge in [0, 0.05) is 30.7 Å². The van der Waals surface area contributed by atoms with Crippen molar-refractivity contribution in [2.45, 2.75) is 13.3 Å². The summed E-state index contributed by atoms with van der Waals surface area (Å²) in [4.78, 5) is 16.2. The van der Waals surface area contributed by atoms with Crippen LogP contribution in [0.1, 0.15) is 23.0 Å². The minimum Gasteiger partial charge on any atom is -0.396 e. The highest BCUT2D eigenvalue weighted by molar-refractivity contribution is 6.03. The Bertz CT molecular complexity index is 597. The fourth-order valence-electron chi connectivity index (χ4n) is 1.95. The first-order valence-electron chi connectivity index (χ1n) is 6.94. The molecule has 0 saturated carbocycles. The zero-order valence-electron chi connectivity index (χ0n) is 12.0. The lowest BCUT2D eigenvalue weighted by Crippen LogP contribution is -2.14. The Labute approximate surface area is 124 Å². The number of aromatic nitrogens is 1. The minimum absolute atomic E-state index is 0.118. The van der Waals surface area contributed by atoms with E-state index >= 15 is 0 Å². The number of carbonyl (C=O) groups excluding carboxylic acids is 1. The number of anilines is 2. The Balaban J connectivity index is 2.05. The lowest BCUT2D eigenvalue weighted by molar-refractivity contribution is 0.102. The van der Waals surface area contributed by atoms with Gasteiger partial charge in [-0.15, -0.1) is 0 Å². The molecule has 1 heterocycles. The Morgan fingerprint density at radius 2 is 1.95 bits per heavy atom. The number of aliphatic hydroxyl groups is 1. The Morgan fingerprint density at radius 3 is 2.62 bits per heavy atom. The van der Waals surface area contributed by atoms with E-state index in [0.29, 0.717) is 17.8 Å². The van der Waals surface area contributed by atoms with Gasteiger partial charge in [-0.3, -0.25) is 9.78 Å². The molecule has 2 aromatic rings. The van der Waals surface area contributed by atoms with Crippen molar-refractivity contribution in [2.75, 3.05) is 23.8 Å². The molecule has 0 aliphatic heterocycles. The van der Waals surface area contributed by atoms with Crippen molar-refractivity contribution in [3.8, 4) is 0 Å². The first-order chi connectivity index (χ1) is 10.2. The van der Waals surface area contributed by atoms with Crippen LogP contribution in [0, 0.1) is 0 Å². The van der Waals surface area contributed by atoms with E-state index in [4.69, 9.17) is 5.11 Å². The smallest absolute Gasteiger partial charge is 0.274 e. The summed E-state index contributed by atoms with van der Waals surface area (Å²) in [6.45, 7) is 2.90. The van der Waals surface area contributed by atoms with Crippen LogP contribution in [0.2, 0.25) is 0 Å². The molecule has 0 atom stereocenters. The first kappa shape index (κ1) is 15.0. The average Bonchev–Trinajstić information content (AvgIpc) is 2.50. The Kier molecular flexibility index (Phi) is 5.29. The largest absolute Gasteiger partial charge is 0.396 e. The summed E-state index contributed by atoms with van der Waals surface area (Å²) in [6, 6.07) is 10.9. The topological polar surface area (TPSA) is 74.2 Å². The van der Waals surface area contributed by atoms with Gasteiger partial charge >= 0.3 is 0 Å². The zero-order chi connectivity index (χ0) is 15.1. The average molecular weight is 285 g/mol. The summed E-state index contributed by atoms with van der Waals surface area (Å²) in [7, 11) is 0. The van der Waals surface area contributed by atoms with E-state index < -0.39 is 0 Å². The number of pyridine rings is 1. The normalized spacial score (nSPS) is 10.2. The van der Waals surface area contributed by atoms with E-state index in [9.17, 15) is 4.79 Å². The van der Waals surface area contributed by atoms with E-state index in [-0.39, 0.29) is 12.5 Å². The van der Waals surface area contributed by atoms with Gasteiger partial charge in [0.15, 0.2) is 0 Å². The molecule has 5 heteroatoms. The third-order valence-corrected chi connectivity index (χ3v) is 2.99. The number of carbonyl (C=O) groups is 1.